The molecule has 55 heavy (non-hydrogen) atoms. The van der Waals surface area contributed by atoms with Crippen molar-refractivity contribution < 1.29 is 4.42 Å². The highest BCUT2D eigenvalue weighted by Gasteiger charge is 2.46. The number of hydrogen-bond acceptors (Lipinski definition) is 1. The van der Waals surface area contributed by atoms with Crippen molar-refractivity contribution in [2.24, 2.45) is 0 Å². The molecule has 12 rings (SSSR count). The summed E-state index contributed by atoms with van der Waals surface area (Å²) in [6.45, 7) is 0. The molecule has 11 aromatic rings. The van der Waals surface area contributed by atoms with E-state index in [4.69, 9.17) is 4.42 Å². The van der Waals surface area contributed by atoms with E-state index in [2.05, 4.69) is 205 Å². The van der Waals surface area contributed by atoms with E-state index in [9.17, 15) is 0 Å². The van der Waals surface area contributed by atoms with Crippen molar-refractivity contribution in [2.45, 2.75) is 5.41 Å². The van der Waals surface area contributed by atoms with Crippen molar-refractivity contribution in [3.63, 3.8) is 0 Å². The fourth-order valence-electron chi connectivity index (χ4n) is 9.81. The Bertz CT molecular complexity index is 3260. The average Bonchev–Trinajstić information content (AvgIpc) is 3.90. The minimum absolute atomic E-state index is 0.473. The lowest BCUT2D eigenvalue weighted by molar-refractivity contribution is 0.666. The summed E-state index contributed by atoms with van der Waals surface area (Å²) < 4.78 is 9.22. The van der Waals surface area contributed by atoms with E-state index in [0.717, 1.165) is 33.2 Å². The number of para-hydroxylation sites is 1. The summed E-state index contributed by atoms with van der Waals surface area (Å²) in [5.41, 5.74) is 14.8. The fourth-order valence-corrected chi connectivity index (χ4v) is 9.81. The summed E-state index contributed by atoms with van der Waals surface area (Å²) in [6.07, 6.45) is 0. The predicted molar refractivity (Wildman–Crippen MR) is 228 cm³/mol. The number of benzene rings is 9. The van der Waals surface area contributed by atoms with Gasteiger partial charge in [-0.05, 0) is 97.7 Å². The van der Waals surface area contributed by atoms with E-state index in [1.165, 1.54) is 71.5 Å². The molecular weight excluding hydrogens is 667 g/mol. The maximum Gasteiger partial charge on any atom is 0.136 e. The predicted octanol–water partition coefficient (Wildman–Crippen LogP) is 13.9. The third-order valence-electron chi connectivity index (χ3n) is 12.1. The Morgan fingerprint density at radius 1 is 0.382 bits per heavy atom. The van der Waals surface area contributed by atoms with Crippen LogP contribution in [0.3, 0.4) is 0 Å². The van der Waals surface area contributed by atoms with Crippen LogP contribution in [0.4, 0.5) is 0 Å². The molecule has 0 N–H and O–H groups in total. The average molecular weight is 700 g/mol. The van der Waals surface area contributed by atoms with Gasteiger partial charge in [0.25, 0.3) is 0 Å². The van der Waals surface area contributed by atoms with Crippen LogP contribution in [0.2, 0.25) is 0 Å². The van der Waals surface area contributed by atoms with Gasteiger partial charge in [0.1, 0.15) is 11.2 Å². The van der Waals surface area contributed by atoms with Crippen LogP contribution >= 0.6 is 0 Å². The zero-order chi connectivity index (χ0) is 36.1. The molecule has 0 spiro atoms. The fraction of sp³-hybridized carbons (Fsp3) is 0.0189. The maximum absolute atomic E-state index is 6.81. The van der Waals surface area contributed by atoms with E-state index < -0.39 is 5.41 Å². The van der Waals surface area contributed by atoms with Crippen LogP contribution in [-0.2, 0) is 5.41 Å². The second kappa shape index (κ2) is 11.4. The summed E-state index contributed by atoms with van der Waals surface area (Å²) in [4.78, 5) is 0. The Morgan fingerprint density at radius 2 is 1.05 bits per heavy atom. The number of hydrogen-bond donors (Lipinski definition) is 0. The first-order chi connectivity index (χ1) is 27.3. The van der Waals surface area contributed by atoms with Crippen molar-refractivity contribution in [1.82, 2.24) is 4.57 Å². The highest BCUT2D eigenvalue weighted by atomic mass is 16.3. The van der Waals surface area contributed by atoms with Gasteiger partial charge in [-0.15, -0.1) is 0 Å². The molecule has 0 amide bonds. The van der Waals surface area contributed by atoms with Crippen LogP contribution in [0.15, 0.2) is 205 Å². The molecule has 0 unspecified atom stereocenters. The Kier molecular flexibility index (Phi) is 6.29. The van der Waals surface area contributed by atoms with Crippen molar-refractivity contribution >= 4 is 54.5 Å². The summed E-state index contributed by atoms with van der Waals surface area (Å²) in [7, 11) is 0. The molecule has 256 valence electrons. The lowest BCUT2D eigenvalue weighted by atomic mass is 9.67. The Hall–Kier alpha value is -7.16. The van der Waals surface area contributed by atoms with Crippen molar-refractivity contribution in [1.29, 1.82) is 0 Å². The van der Waals surface area contributed by atoms with Gasteiger partial charge < -0.3 is 8.98 Å². The monoisotopic (exact) mass is 699 g/mol. The van der Waals surface area contributed by atoms with Crippen LogP contribution < -0.4 is 0 Å². The second-order valence-corrected chi connectivity index (χ2v) is 14.8. The van der Waals surface area contributed by atoms with E-state index in [1.54, 1.807) is 0 Å². The minimum atomic E-state index is -0.473. The standard InChI is InChI=1S/C53H33NO/c1-3-15-36(16-4-1)53(37-17-5-2-6-18-37)45-23-11-9-20-41(45)43-32-44-50(33-46(43)53)55-49-25-13-22-40(52(44)49)35-26-29-38(30-27-35)54-47-24-12-10-21-42(47)51-39-19-8-7-14-34(39)28-31-48(51)54/h1-33H. The van der Waals surface area contributed by atoms with Crippen molar-refractivity contribution in [2.75, 3.05) is 0 Å². The number of nitrogens with zero attached hydrogens (tertiary/aromatic N) is 1. The first kappa shape index (κ1) is 30.3. The van der Waals surface area contributed by atoms with Gasteiger partial charge in [-0.25, -0.2) is 0 Å². The molecular formula is C53H33NO. The van der Waals surface area contributed by atoms with Gasteiger partial charge in [0.15, 0.2) is 0 Å². The van der Waals surface area contributed by atoms with E-state index >= 15 is 0 Å². The van der Waals surface area contributed by atoms with Gasteiger partial charge >= 0.3 is 0 Å². The van der Waals surface area contributed by atoms with E-state index in [0.29, 0.717) is 0 Å². The van der Waals surface area contributed by atoms with Gasteiger partial charge in [0.2, 0.25) is 0 Å². The topological polar surface area (TPSA) is 18.1 Å². The van der Waals surface area contributed by atoms with Crippen molar-refractivity contribution in [3.05, 3.63) is 222 Å². The molecule has 0 atom stereocenters. The molecule has 0 fully saturated rings. The molecule has 0 radical (unpaired) electrons. The molecule has 2 heteroatoms. The molecule has 0 bridgehead atoms. The number of aromatic nitrogens is 1. The van der Waals surface area contributed by atoms with Gasteiger partial charge in [-0.2, -0.15) is 0 Å². The molecule has 1 aliphatic carbocycles. The second-order valence-electron chi connectivity index (χ2n) is 14.8. The smallest absolute Gasteiger partial charge is 0.136 e. The van der Waals surface area contributed by atoms with Gasteiger partial charge in [0.05, 0.1) is 16.4 Å². The third kappa shape index (κ3) is 4.14. The van der Waals surface area contributed by atoms with Crippen molar-refractivity contribution in [3.8, 4) is 27.9 Å². The van der Waals surface area contributed by atoms with Crippen LogP contribution in [0.25, 0.3) is 82.5 Å². The van der Waals surface area contributed by atoms with Gasteiger partial charge in [0, 0.05) is 27.2 Å². The summed E-state index contributed by atoms with van der Waals surface area (Å²) in [5, 5.41) is 7.38. The number of furan rings is 1. The normalized spacial score (nSPS) is 13.2. The molecule has 0 saturated heterocycles. The largest absolute Gasteiger partial charge is 0.456 e. The van der Waals surface area contributed by atoms with Crippen LogP contribution in [-0.4, -0.2) is 4.57 Å². The molecule has 9 aromatic carbocycles. The molecule has 1 aliphatic rings. The number of fused-ring (bicyclic) bond motifs is 11. The first-order valence-corrected chi connectivity index (χ1v) is 19.0. The Balaban J connectivity index is 1.06. The molecule has 2 heterocycles. The van der Waals surface area contributed by atoms with Gasteiger partial charge in [-0.3, -0.25) is 0 Å². The summed E-state index contributed by atoms with van der Waals surface area (Å²) in [5.74, 6) is 0. The van der Waals surface area contributed by atoms with Crippen LogP contribution in [0.1, 0.15) is 22.3 Å². The lowest BCUT2D eigenvalue weighted by Crippen LogP contribution is -2.28. The lowest BCUT2D eigenvalue weighted by Gasteiger charge is -2.33. The highest BCUT2D eigenvalue weighted by Crippen LogP contribution is 2.57. The van der Waals surface area contributed by atoms with Crippen LogP contribution in [0.5, 0.6) is 0 Å². The van der Waals surface area contributed by atoms with E-state index in [1.807, 2.05) is 0 Å². The quantitative estimate of drug-likeness (QED) is 0.179. The molecule has 2 nitrogen and oxygen atoms in total. The first-order valence-electron chi connectivity index (χ1n) is 19.0. The molecule has 2 aromatic heterocycles. The maximum atomic E-state index is 6.81. The van der Waals surface area contributed by atoms with E-state index in [-0.39, 0.29) is 0 Å². The van der Waals surface area contributed by atoms with Gasteiger partial charge in [-0.1, -0.05) is 158 Å². The highest BCUT2D eigenvalue weighted by molar-refractivity contribution is 6.21. The zero-order valence-electron chi connectivity index (χ0n) is 29.9. The molecule has 0 saturated carbocycles. The Labute approximate surface area is 318 Å². The minimum Gasteiger partial charge on any atom is -0.456 e. The zero-order valence-corrected chi connectivity index (χ0v) is 29.9. The molecule has 0 aliphatic heterocycles. The third-order valence-corrected chi connectivity index (χ3v) is 12.1. The number of rotatable bonds is 4. The Morgan fingerprint density at radius 3 is 1.85 bits per heavy atom. The summed E-state index contributed by atoms with van der Waals surface area (Å²) in [6, 6.07) is 73.0. The van der Waals surface area contributed by atoms with Crippen LogP contribution in [0, 0.1) is 0 Å². The summed E-state index contributed by atoms with van der Waals surface area (Å²) >= 11 is 0. The SMILES string of the molecule is c1ccc(C2(c3ccccc3)c3ccccc3-c3cc4c(cc32)oc2cccc(-c3ccc(-n5c6ccccc6c6c7ccccc7ccc65)cc3)c24)cc1.